The summed E-state index contributed by atoms with van der Waals surface area (Å²) in [5.74, 6) is 1.38. The van der Waals surface area contributed by atoms with Crippen molar-refractivity contribution in [2.24, 2.45) is 11.8 Å². The Kier molecular flexibility index (Phi) is 8.96. The predicted octanol–water partition coefficient (Wildman–Crippen LogP) is 3.61. The minimum absolute atomic E-state index is 0. The van der Waals surface area contributed by atoms with Gasteiger partial charge in [-0.25, -0.2) is 0 Å². The van der Waals surface area contributed by atoms with E-state index in [-0.39, 0.29) is 20.4 Å². The average molecular weight is 399 g/mol. The van der Waals surface area contributed by atoms with Gasteiger partial charge in [-0.1, -0.05) is 40.0 Å². The molecule has 0 amide bonds. The summed E-state index contributed by atoms with van der Waals surface area (Å²) in [4.78, 5) is 0. The maximum atomic E-state index is 5.91. The molecule has 2 heterocycles. The van der Waals surface area contributed by atoms with Gasteiger partial charge >= 0.3 is 0 Å². The maximum absolute atomic E-state index is 5.91. The van der Waals surface area contributed by atoms with Crippen LogP contribution >= 0.6 is 0 Å². The summed E-state index contributed by atoms with van der Waals surface area (Å²) in [6.45, 7) is 10.5. The van der Waals surface area contributed by atoms with E-state index in [1.807, 2.05) is 13.8 Å². The summed E-state index contributed by atoms with van der Waals surface area (Å²) in [6.07, 6.45) is 4.36. The van der Waals surface area contributed by atoms with Crippen LogP contribution in [-0.2, 0) is 25.2 Å². The first-order chi connectivity index (χ1) is 7.29. The Morgan fingerprint density at radius 3 is 2.50 bits per heavy atom. The van der Waals surface area contributed by atoms with Gasteiger partial charge in [0.2, 0.25) is 0 Å². The van der Waals surface area contributed by atoms with E-state index in [1.54, 1.807) is 0 Å². The van der Waals surface area contributed by atoms with E-state index in [4.69, 9.17) is 10.1 Å². The third kappa shape index (κ3) is 4.11. The first-order valence-corrected chi connectivity index (χ1v) is 6.57. The molecule has 2 fully saturated rings. The zero-order valence-electron chi connectivity index (χ0n) is 11.1. The summed E-state index contributed by atoms with van der Waals surface area (Å²) >= 11 is 0. The number of nitrogens with zero attached hydrogens (tertiary/aromatic N) is 1. The molecule has 0 aliphatic carbocycles. The van der Waals surface area contributed by atoms with Crippen LogP contribution in [-0.4, -0.2) is 25.3 Å². The number of hydrogen-bond acceptors (Lipinski definition) is 1. The smallest absolute Gasteiger partial charge is 0.0469 e. The molecule has 0 bridgehead atoms. The molecule has 97 valence electrons. The average Bonchev–Trinajstić information content (AvgIpc) is 2.51. The van der Waals surface area contributed by atoms with Crippen LogP contribution in [0.4, 0.5) is 0 Å². The van der Waals surface area contributed by atoms with E-state index in [1.165, 1.54) is 19.3 Å². The molecular weight excluding hydrogens is 372 g/mol. The fourth-order valence-electron chi connectivity index (χ4n) is 2.55. The molecule has 3 atom stereocenters. The van der Waals surface area contributed by atoms with Crippen LogP contribution in [0.25, 0.3) is 5.32 Å². The summed E-state index contributed by atoms with van der Waals surface area (Å²) in [7, 11) is 0. The molecule has 1 radical (unpaired) electrons. The van der Waals surface area contributed by atoms with E-state index in [9.17, 15) is 0 Å². The molecule has 2 nitrogen and oxygen atoms in total. The molecule has 0 N–H and O–H groups in total. The molecule has 0 saturated carbocycles. The third-order valence-corrected chi connectivity index (χ3v) is 3.31. The van der Waals surface area contributed by atoms with Gasteiger partial charge in [0.1, 0.15) is 0 Å². The summed E-state index contributed by atoms with van der Waals surface area (Å²) in [5, 5.41) is 4.70. The van der Waals surface area contributed by atoms with Crippen LogP contribution in [0, 0.1) is 11.8 Å². The topological polar surface area (TPSA) is 23.3 Å². The van der Waals surface area contributed by atoms with Crippen LogP contribution in [0.5, 0.6) is 0 Å². The first kappa shape index (κ1) is 16.6. The molecule has 0 aromatic rings. The van der Waals surface area contributed by atoms with Gasteiger partial charge in [0.05, 0.1) is 0 Å². The molecule has 16 heavy (non-hydrogen) atoms. The second-order valence-corrected chi connectivity index (χ2v) is 4.69. The van der Waals surface area contributed by atoms with Crippen molar-refractivity contribution < 1.29 is 25.2 Å². The summed E-state index contributed by atoms with van der Waals surface area (Å²) in [5.41, 5.74) is 0. The number of rotatable bonds is 1. The maximum Gasteiger partial charge on any atom is 0.0469 e. The number of hydrogen-bond donors (Lipinski definition) is 0. The number of fused-ring (bicyclic) bond motifs is 1. The van der Waals surface area contributed by atoms with Crippen molar-refractivity contribution in [1.82, 2.24) is 0 Å². The van der Waals surface area contributed by atoms with Crippen LogP contribution in [0.1, 0.15) is 47.0 Å². The summed E-state index contributed by atoms with van der Waals surface area (Å²) < 4.78 is 5.91. The molecule has 2 aliphatic rings. The van der Waals surface area contributed by atoms with E-state index >= 15 is 0 Å². The van der Waals surface area contributed by atoms with Gasteiger partial charge in [0.15, 0.2) is 0 Å². The Morgan fingerprint density at radius 2 is 1.88 bits per heavy atom. The molecule has 3 heteroatoms. The zero-order chi connectivity index (χ0) is 11.3. The fourth-order valence-corrected chi connectivity index (χ4v) is 2.55. The SMILES string of the molecule is CC.CC(C)C1[N-]C[C@@H]2CCCCOC12.[Re]. The van der Waals surface area contributed by atoms with E-state index < -0.39 is 0 Å². The Bertz CT molecular complexity index is 175. The molecule has 0 aromatic carbocycles. The minimum Gasteiger partial charge on any atom is -0.657 e. The molecule has 0 spiro atoms. The van der Waals surface area contributed by atoms with Crippen LogP contribution in [0.15, 0.2) is 0 Å². The fraction of sp³-hybridized carbons (Fsp3) is 1.00. The molecule has 0 aromatic heterocycles. The standard InChI is InChI=1S/C11H20NO.C2H6.Re/c1-8(2)10-11-9(7-12-10)5-3-4-6-13-11;1-2;/h8-11H,3-7H2,1-2H3;1-2H3;/q-1;;/t9-,10?,11?;;/m0../s1. The molecular formula is C13H26NORe-. The summed E-state index contributed by atoms with van der Waals surface area (Å²) in [6, 6.07) is 0.475. The van der Waals surface area contributed by atoms with Crippen molar-refractivity contribution in [3.05, 3.63) is 5.32 Å². The predicted molar refractivity (Wildman–Crippen MR) is 65.3 cm³/mol. The van der Waals surface area contributed by atoms with Gasteiger partial charge in [-0.15, -0.1) is 12.6 Å². The third-order valence-electron chi connectivity index (χ3n) is 3.31. The van der Waals surface area contributed by atoms with Gasteiger partial charge in [-0.2, -0.15) is 0 Å². The second kappa shape index (κ2) is 8.64. The van der Waals surface area contributed by atoms with E-state index in [0.29, 0.717) is 18.1 Å². The Hall–Kier alpha value is 0.582. The molecule has 2 saturated heterocycles. The minimum atomic E-state index is 0. The van der Waals surface area contributed by atoms with E-state index in [0.717, 1.165) is 19.1 Å². The van der Waals surface area contributed by atoms with Crippen molar-refractivity contribution >= 4 is 0 Å². The van der Waals surface area contributed by atoms with Gasteiger partial charge in [-0.05, 0) is 18.8 Å². The quantitative estimate of drug-likeness (QED) is 0.662. The Balaban J connectivity index is 0.000000711. The Labute approximate surface area is 115 Å². The van der Waals surface area contributed by atoms with Crippen molar-refractivity contribution in [1.29, 1.82) is 0 Å². The Morgan fingerprint density at radius 1 is 1.19 bits per heavy atom. The van der Waals surface area contributed by atoms with E-state index in [2.05, 4.69) is 13.8 Å². The number of ether oxygens (including phenoxy) is 1. The van der Waals surface area contributed by atoms with Crippen molar-refractivity contribution in [2.45, 2.75) is 59.1 Å². The van der Waals surface area contributed by atoms with Crippen LogP contribution < -0.4 is 0 Å². The molecule has 2 aliphatic heterocycles. The van der Waals surface area contributed by atoms with Crippen molar-refractivity contribution in [3.8, 4) is 0 Å². The van der Waals surface area contributed by atoms with Gasteiger partial charge < -0.3 is 10.1 Å². The van der Waals surface area contributed by atoms with Crippen LogP contribution in [0.2, 0.25) is 0 Å². The molecule has 2 unspecified atom stereocenters. The second-order valence-electron chi connectivity index (χ2n) is 4.69. The largest absolute Gasteiger partial charge is 0.657 e. The van der Waals surface area contributed by atoms with Crippen molar-refractivity contribution in [2.75, 3.05) is 13.2 Å². The van der Waals surface area contributed by atoms with Gasteiger partial charge in [-0.3, -0.25) is 0 Å². The zero-order valence-corrected chi connectivity index (χ0v) is 13.8. The van der Waals surface area contributed by atoms with Crippen LogP contribution in [0.3, 0.4) is 0 Å². The van der Waals surface area contributed by atoms with Crippen molar-refractivity contribution in [3.63, 3.8) is 0 Å². The molecule has 2 rings (SSSR count). The van der Waals surface area contributed by atoms with Gasteiger partial charge in [0.25, 0.3) is 0 Å². The first-order valence-electron chi connectivity index (χ1n) is 6.57. The monoisotopic (exact) mass is 399 g/mol. The van der Waals surface area contributed by atoms with Gasteiger partial charge in [0, 0.05) is 33.1 Å². The normalized spacial score (nSPS) is 33.2.